The van der Waals surface area contributed by atoms with E-state index in [4.69, 9.17) is 5.73 Å². The number of benzene rings is 1. The Hall–Kier alpha value is -0.950. The molecule has 2 N–H and O–H groups in total. The average Bonchev–Trinajstić information content (AvgIpc) is 2.47. The Morgan fingerprint density at radius 3 is 2.33 bits per heavy atom. The Kier molecular flexibility index (Phi) is 4.72. The molecule has 0 atom stereocenters. The Bertz CT molecular complexity index is 591. The van der Waals surface area contributed by atoms with E-state index in [0.29, 0.717) is 24.5 Å². The monoisotopic (exact) mass is 311 g/mol. The Morgan fingerprint density at radius 1 is 1.19 bits per heavy atom. The third kappa shape index (κ3) is 3.45. The summed E-state index contributed by atoms with van der Waals surface area (Å²) in [5.74, 6) is 0. The highest BCUT2D eigenvalue weighted by molar-refractivity contribution is 7.89. The van der Waals surface area contributed by atoms with E-state index in [1.54, 1.807) is 22.5 Å². The van der Waals surface area contributed by atoms with Gasteiger partial charge in [-0.25, -0.2) is 8.42 Å². The summed E-state index contributed by atoms with van der Waals surface area (Å²) in [7, 11) is -3.38. The fraction of sp³-hybridized carbons (Fsp3) is 0.600. The lowest BCUT2D eigenvalue weighted by Crippen LogP contribution is -2.58. The second-order valence-corrected chi connectivity index (χ2v) is 8.16. The van der Waals surface area contributed by atoms with Crippen molar-refractivity contribution >= 4 is 10.0 Å². The topological polar surface area (TPSA) is 66.6 Å². The predicted octanol–water partition coefficient (Wildman–Crippen LogP) is 1.04. The maximum Gasteiger partial charge on any atom is 0.243 e. The number of hydrogen-bond donors (Lipinski definition) is 1. The van der Waals surface area contributed by atoms with E-state index >= 15 is 0 Å². The number of rotatable bonds is 4. The van der Waals surface area contributed by atoms with Crippen molar-refractivity contribution in [2.24, 2.45) is 5.73 Å². The summed E-state index contributed by atoms with van der Waals surface area (Å²) in [5.41, 5.74) is 6.67. The van der Waals surface area contributed by atoms with Crippen molar-refractivity contribution in [2.45, 2.75) is 31.2 Å². The molecule has 118 valence electrons. The molecule has 1 aromatic rings. The molecule has 1 aliphatic rings. The SMILES string of the molecule is Cc1cccc(S(=O)(=O)N2CCN(C(C)(C)CN)CC2)c1. The van der Waals surface area contributed by atoms with Crippen molar-refractivity contribution in [1.82, 2.24) is 9.21 Å². The number of piperazine rings is 1. The van der Waals surface area contributed by atoms with Gasteiger partial charge in [-0.3, -0.25) is 4.90 Å². The van der Waals surface area contributed by atoms with Crippen LogP contribution in [0.3, 0.4) is 0 Å². The molecule has 1 heterocycles. The van der Waals surface area contributed by atoms with Crippen molar-refractivity contribution < 1.29 is 8.42 Å². The predicted molar refractivity (Wildman–Crippen MR) is 84.6 cm³/mol. The van der Waals surface area contributed by atoms with Crippen LogP contribution < -0.4 is 5.73 Å². The molecule has 1 aromatic carbocycles. The summed E-state index contributed by atoms with van der Waals surface area (Å²) >= 11 is 0. The van der Waals surface area contributed by atoms with Crippen LogP contribution in [0.1, 0.15) is 19.4 Å². The van der Waals surface area contributed by atoms with Crippen molar-refractivity contribution in [3.63, 3.8) is 0 Å². The summed E-state index contributed by atoms with van der Waals surface area (Å²) in [4.78, 5) is 2.64. The number of aryl methyl sites for hydroxylation is 1. The average molecular weight is 311 g/mol. The van der Waals surface area contributed by atoms with E-state index in [9.17, 15) is 8.42 Å². The highest BCUT2D eigenvalue weighted by Gasteiger charge is 2.33. The van der Waals surface area contributed by atoms with Crippen molar-refractivity contribution in [1.29, 1.82) is 0 Å². The summed E-state index contributed by atoms with van der Waals surface area (Å²) in [6.45, 7) is 9.12. The molecule has 1 fully saturated rings. The third-order valence-corrected chi connectivity index (χ3v) is 6.12. The molecule has 0 radical (unpaired) electrons. The smallest absolute Gasteiger partial charge is 0.243 e. The molecule has 2 rings (SSSR count). The maximum atomic E-state index is 12.6. The molecule has 5 nitrogen and oxygen atoms in total. The molecule has 6 heteroatoms. The van der Waals surface area contributed by atoms with Crippen molar-refractivity contribution in [2.75, 3.05) is 32.7 Å². The zero-order valence-electron chi connectivity index (χ0n) is 13.0. The lowest BCUT2D eigenvalue weighted by molar-refractivity contribution is 0.0850. The first-order valence-corrected chi connectivity index (χ1v) is 8.73. The molecule has 0 amide bonds. The molecular formula is C15H25N3O2S. The Balaban J connectivity index is 2.11. The van der Waals surface area contributed by atoms with E-state index in [1.807, 2.05) is 13.0 Å². The summed E-state index contributed by atoms with van der Waals surface area (Å²) in [6, 6.07) is 7.08. The quantitative estimate of drug-likeness (QED) is 0.902. The number of sulfonamides is 1. The van der Waals surface area contributed by atoms with Crippen LogP contribution in [-0.2, 0) is 10.0 Å². The maximum absolute atomic E-state index is 12.6. The van der Waals surface area contributed by atoms with Crippen LogP contribution in [0.15, 0.2) is 29.2 Å². The molecule has 0 bridgehead atoms. The Labute approximate surface area is 127 Å². The van der Waals surface area contributed by atoms with E-state index < -0.39 is 10.0 Å². The minimum atomic E-state index is -3.38. The first-order chi connectivity index (χ1) is 9.77. The van der Waals surface area contributed by atoms with Gasteiger partial charge in [0, 0.05) is 38.3 Å². The standard InChI is InChI=1S/C15H25N3O2S/c1-13-5-4-6-14(11-13)21(19,20)18-9-7-17(8-10-18)15(2,3)12-16/h4-6,11H,7-10,12,16H2,1-3H3. The zero-order valence-corrected chi connectivity index (χ0v) is 13.9. The van der Waals surface area contributed by atoms with Gasteiger partial charge in [0.15, 0.2) is 0 Å². The van der Waals surface area contributed by atoms with Crippen LogP contribution in [0, 0.1) is 6.92 Å². The molecule has 0 aromatic heterocycles. The van der Waals surface area contributed by atoms with E-state index in [-0.39, 0.29) is 5.54 Å². The first-order valence-electron chi connectivity index (χ1n) is 7.29. The molecule has 0 spiro atoms. The number of nitrogens with two attached hydrogens (primary N) is 1. The molecule has 0 saturated carbocycles. The first kappa shape index (κ1) is 16.4. The zero-order chi connectivity index (χ0) is 15.7. The van der Waals surface area contributed by atoms with Gasteiger partial charge in [0.25, 0.3) is 0 Å². The number of nitrogens with zero attached hydrogens (tertiary/aromatic N) is 2. The van der Waals surface area contributed by atoms with Gasteiger partial charge in [-0.2, -0.15) is 4.31 Å². The van der Waals surface area contributed by atoms with Crippen LogP contribution in [-0.4, -0.2) is 55.9 Å². The summed E-state index contributed by atoms with van der Waals surface area (Å²) < 4.78 is 26.9. The molecule has 0 unspecified atom stereocenters. The van der Waals surface area contributed by atoms with Gasteiger partial charge in [-0.15, -0.1) is 0 Å². The van der Waals surface area contributed by atoms with E-state index in [0.717, 1.165) is 18.7 Å². The highest BCUT2D eigenvalue weighted by Crippen LogP contribution is 2.21. The van der Waals surface area contributed by atoms with Gasteiger partial charge in [-0.05, 0) is 38.5 Å². The van der Waals surface area contributed by atoms with Crippen LogP contribution in [0.4, 0.5) is 0 Å². The van der Waals surface area contributed by atoms with Gasteiger partial charge in [0.2, 0.25) is 10.0 Å². The molecular weight excluding hydrogens is 286 g/mol. The largest absolute Gasteiger partial charge is 0.329 e. The summed E-state index contributed by atoms with van der Waals surface area (Å²) in [6.07, 6.45) is 0. The second-order valence-electron chi connectivity index (χ2n) is 6.22. The molecule has 21 heavy (non-hydrogen) atoms. The minimum absolute atomic E-state index is 0.0841. The summed E-state index contributed by atoms with van der Waals surface area (Å²) in [5, 5.41) is 0. The van der Waals surface area contributed by atoms with Crippen LogP contribution in [0.5, 0.6) is 0 Å². The second kappa shape index (κ2) is 6.04. The Morgan fingerprint density at radius 2 is 1.81 bits per heavy atom. The normalized spacial score (nSPS) is 18.9. The van der Waals surface area contributed by atoms with Crippen LogP contribution in [0.2, 0.25) is 0 Å². The molecule has 1 saturated heterocycles. The fourth-order valence-electron chi connectivity index (χ4n) is 2.59. The van der Waals surface area contributed by atoms with Gasteiger partial charge >= 0.3 is 0 Å². The molecule has 0 aliphatic carbocycles. The highest BCUT2D eigenvalue weighted by atomic mass is 32.2. The third-order valence-electron chi connectivity index (χ3n) is 4.22. The van der Waals surface area contributed by atoms with E-state index in [2.05, 4.69) is 18.7 Å². The minimum Gasteiger partial charge on any atom is -0.329 e. The van der Waals surface area contributed by atoms with E-state index in [1.165, 1.54) is 0 Å². The molecule has 1 aliphatic heterocycles. The van der Waals surface area contributed by atoms with Gasteiger partial charge < -0.3 is 5.73 Å². The fourth-order valence-corrected chi connectivity index (χ4v) is 4.12. The van der Waals surface area contributed by atoms with Gasteiger partial charge in [-0.1, -0.05) is 12.1 Å². The van der Waals surface area contributed by atoms with Crippen molar-refractivity contribution in [3.8, 4) is 0 Å². The van der Waals surface area contributed by atoms with Gasteiger partial charge in [0.05, 0.1) is 4.90 Å². The number of hydrogen-bond acceptors (Lipinski definition) is 4. The van der Waals surface area contributed by atoms with Gasteiger partial charge in [0.1, 0.15) is 0 Å². The van der Waals surface area contributed by atoms with Crippen LogP contribution >= 0.6 is 0 Å². The van der Waals surface area contributed by atoms with Crippen molar-refractivity contribution in [3.05, 3.63) is 29.8 Å². The lowest BCUT2D eigenvalue weighted by atomic mass is 10.0. The van der Waals surface area contributed by atoms with Crippen LogP contribution in [0.25, 0.3) is 0 Å². The lowest BCUT2D eigenvalue weighted by Gasteiger charge is -2.43.